The highest BCUT2D eigenvalue weighted by Crippen LogP contribution is 2.28. The van der Waals surface area contributed by atoms with Crippen LogP contribution < -0.4 is 9.46 Å². The Labute approximate surface area is 183 Å². The summed E-state index contributed by atoms with van der Waals surface area (Å²) in [5.74, 6) is 0.206. The molecule has 1 N–H and O–H groups in total. The molecule has 1 heterocycles. The number of benzene rings is 2. The van der Waals surface area contributed by atoms with Gasteiger partial charge >= 0.3 is 0 Å². The molecular weight excluding hydrogens is 424 g/mol. The van der Waals surface area contributed by atoms with Crippen LogP contribution in [-0.4, -0.2) is 38.9 Å². The van der Waals surface area contributed by atoms with Gasteiger partial charge in [-0.25, -0.2) is 13.1 Å². The van der Waals surface area contributed by atoms with Crippen LogP contribution in [0.4, 0.5) is 0 Å². The first-order valence-electron chi connectivity index (χ1n) is 10.1. The lowest BCUT2D eigenvalue weighted by atomic mass is 10.1. The predicted molar refractivity (Wildman–Crippen MR) is 117 cm³/mol. The third-order valence-electron chi connectivity index (χ3n) is 5.16. The Kier molecular flexibility index (Phi) is 7.75. The van der Waals surface area contributed by atoms with Gasteiger partial charge in [-0.15, -0.1) is 0 Å². The zero-order chi connectivity index (χ0) is 21.6. The molecule has 6 nitrogen and oxygen atoms in total. The normalized spacial score (nSPS) is 16.0. The van der Waals surface area contributed by atoms with E-state index in [1.54, 1.807) is 6.92 Å². The van der Waals surface area contributed by atoms with E-state index in [2.05, 4.69) is 4.72 Å². The molecule has 8 heteroatoms. The smallest absolute Gasteiger partial charge is 0.260 e. The number of ether oxygens (including phenoxy) is 1. The number of carbonyl (C=O) groups is 1. The molecule has 0 saturated carbocycles. The molecule has 3 rings (SSSR count). The van der Waals surface area contributed by atoms with E-state index in [9.17, 15) is 13.2 Å². The van der Waals surface area contributed by atoms with Crippen LogP contribution in [0, 0.1) is 0 Å². The molecule has 1 amide bonds. The second kappa shape index (κ2) is 10.3. The van der Waals surface area contributed by atoms with Gasteiger partial charge in [0.05, 0.1) is 9.92 Å². The van der Waals surface area contributed by atoms with E-state index in [1.165, 1.54) is 18.2 Å². The van der Waals surface area contributed by atoms with Crippen LogP contribution in [0.3, 0.4) is 0 Å². The molecule has 0 aromatic heterocycles. The molecule has 0 bridgehead atoms. The van der Waals surface area contributed by atoms with Gasteiger partial charge in [-0.2, -0.15) is 0 Å². The van der Waals surface area contributed by atoms with E-state index in [4.69, 9.17) is 16.3 Å². The molecule has 1 aliphatic rings. The maximum atomic E-state index is 12.7. The Bertz CT molecular complexity index is 958. The topological polar surface area (TPSA) is 75.7 Å². The minimum atomic E-state index is -3.76. The highest BCUT2D eigenvalue weighted by atomic mass is 35.5. The van der Waals surface area contributed by atoms with Crippen molar-refractivity contribution < 1.29 is 17.9 Å². The molecule has 1 atom stereocenters. The van der Waals surface area contributed by atoms with Gasteiger partial charge in [-0.3, -0.25) is 4.79 Å². The van der Waals surface area contributed by atoms with Crippen molar-refractivity contribution in [2.45, 2.75) is 43.5 Å². The van der Waals surface area contributed by atoms with Gasteiger partial charge in [0.1, 0.15) is 5.75 Å². The van der Waals surface area contributed by atoms with Gasteiger partial charge in [-0.1, -0.05) is 54.8 Å². The fourth-order valence-corrected chi connectivity index (χ4v) is 4.98. The fraction of sp³-hybridized carbons (Fsp3) is 0.409. The van der Waals surface area contributed by atoms with Crippen molar-refractivity contribution in [3.8, 4) is 5.75 Å². The molecular formula is C22H27ClN2O4S. The minimum absolute atomic E-state index is 0.0430. The number of amides is 1. The molecule has 1 saturated heterocycles. The van der Waals surface area contributed by atoms with Crippen LogP contribution in [0.1, 0.15) is 44.2 Å². The zero-order valence-electron chi connectivity index (χ0n) is 17.0. The van der Waals surface area contributed by atoms with Crippen LogP contribution in [0.15, 0.2) is 53.4 Å². The van der Waals surface area contributed by atoms with E-state index >= 15 is 0 Å². The summed E-state index contributed by atoms with van der Waals surface area (Å²) in [6.45, 7) is 3.16. The van der Waals surface area contributed by atoms with E-state index < -0.39 is 16.1 Å². The molecule has 1 fully saturated rings. The van der Waals surface area contributed by atoms with E-state index in [0.717, 1.165) is 44.3 Å². The Hall–Kier alpha value is -2.09. The summed E-state index contributed by atoms with van der Waals surface area (Å²) in [4.78, 5) is 14.2. The van der Waals surface area contributed by atoms with Gasteiger partial charge in [-0.05, 0) is 43.5 Å². The number of hydrogen-bond donors (Lipinski definition) is 1. The highest BCUT2D eigenvalue weighted by Gasteiger charge is 2.21. The second-order valence-electron chi connectivity index (χ2n) is 7.43. The maximum absolute atomic E-state index is 12.7. The first kappa shape index (κ1) is 22.6. The van der Waals surface area contributed by atoms with Crippen LogP contribution in [-0.2, 0) is 14.8 Å². The van der Waals surface area contributed by atoms with E-state index in [-0.39, 0.29) is 28.2 Å². The lowest BCUT2D eigenvalue weighted by molar-refractivity contribution is -0.133. The van der Waals surface area contributed by atoms with Crippen LogP contribution in [0.25, 0.3) is 0 Å². The van der Waals surface area contributed by atoms with Gasteiger partial charge in [0.2, 0.25) is 10.0 Å². The number of carbonyl (C=O) groups excluding carboxylic acids is 1. The Morgan fingerprint density at radius 3 is 2.40 bits per heavy atom. The largest absolute Gasteiger partial charge is 0.482 e. The summed E-state index contributed by atoms with van der Waals surface area (Å²) >= 11 is 6.24. The molecule has 162 valence electrons. The molecule has 0 radical (unpaired) electrons. The number of nitrogens with one attached hydrogen (secondary N) is 1. The van der Waals surface area contributed by atoms with Crippen molar-refractivity contribution >= 4 is 27.5 Å². The number of hydrogen-bond acceptors (Lipinski definition) is 4. The number of halogens is 1. The van der Waals surface area contributed by atoms with Crippen molar-refractivity contribution in [2.75, 3.05) is 19.7 Å². The lowest BCUT2D eigenvalue weighted by Crippen LogP contribution is -2.35. The van der Waals surface area contributed by atoms with Crippen LogP contribution >= 0.6 is 11.6 Å². The summed E-state index contributed by atoms with van der Waals surface area (Å²) in [5.41, 5.74) is 0.860. The van der Waals surface area contributed by atoms with Crippen LogP contribution in [0.2, 0.25) is 5.02 Å². The number of nitrogens with zero attached hydrogens (tertiary/aromatic N) is 1. The predicted octanol–water partition coefficient (Wildman–Crippen LogP) is 4.16. The van der Waals surface area contributed by atoms with Crippen molar-refractivity contribution in [3.05, 3.63) is 59.1 Å². The quantitative estimate of drug-likeness (QED) is 0.687. The lowest BCUT2D eigenvalue weighted by Gasteiger charge is -2.20. The summed E-state index contributed by atoms with van der Waals surface area (Å²) in [7, 11) is -3.76. The van der Waals surface area contributed by atoms with E-state index in [1.807, 2.05) is 35.2 Å². The van der Waals surface area contributed by atoms with Gasteiger partial charge in [0.25, 0.3) is 5.91 Å². The monoisotopic (exact) mass is 450 g/mol. The Balaban J connectivity index is 1.63. The number of rotatable bonds is 7. The first-order valence-corrected chi connectivity index (χ1v) is 12.0. The fourth-order valence-electron chi connectivity index (χ4n) is 3.43. The van der Waals surface area contributed by atoms with Gasteiger partial charge in [0.15, 0.2) is 6.61 Å². The van der Waals surface area contributed by atoms with Crippen molar-refractivity contribution in [1.82, 2.24) is 9.62 Å². The summed E-state index contributed by atoms with van der Waals surface area (Å²) in [6.07, 6.45) is 4.30. The average Bonchev–Trinajstić information content (AvgIpc) is 3.02. The molecule has 1 aliphatic heterocycles. The SMILES string of the molecule is CC(NS(=O)(=O)c1ccc(OCC(=O)N2CCCCCC2)c(Cl)c1)c1ccccc1. The third-order valence-corrected chi connectivity index (χ3v) is 6.99. The molecule has 2 aromatic carbocycles. The Morgan fingerprint density at radius 2 is 1.77 bits per heavy atom. The standard InChI is InChI=1S/C22H27ClN2O4S/c1-17(18-9-5-4-6-10-18)24-30(27,28)19-11-12-21(20(23)15-19)29-16-22(26)25-13-7-2-3-8-14-25/h4-6,9-12,15,17,24H,2-3,7-8,13-14,16H2,1H3. The van der Waals surface area contributed by atoms with Crippen LogP contribution in [0.5, 0.6) is 5.75 Å². The van der Waals surface area contributed by atoms with Crippen molar-refractivity contribution in [1.29, 1.82) is 0 Å². The molecule has 0 aliphatic carbocycles. The molecule has 30 heavy (non-hydrogen) atoms. The molecule has 2 aromatic rings. The zero-order valence-corrected chi connectivity index (χ0v) is 18.6. The second-order valence-corrected chi connectivity index (χ2v) is 9.55. The average molecular weight is 451 g/mol. The maximum Gasteiger partial charge on any atom is 0.260 e. The molecule has 0 spiro atoms. The van der Waals surface area contributed by atoms with Crippen molar-refractivity contribution in [2.24, 2.45) is 0 Å². The Morgan fingerprint density at radius 1 is 1.10 bits per heavy atom. The molecule has 1 unspecified atom stereocenters. The summed E-state index contributed by atoms with van der Waals surface area (Å²) in [6, 6.07) is 13.2. The third kappa shape index (κ3) is 5.97. The van der Waals surface area contributed by atoms with Gasteiger partial charge in [0, 0.05) is 19.1 Å². The van der Waals surface area contributed by atoms with Crippen molar-refractivity contribution in [3.63, 3.8) is 0 Å². The highest BCUT2D eigenvalue weighted by molar-refractivity contribution is 7.89. The number of sulfonamides is 1. The van der Waals surface area contributed by atoms with E-state index in [0.29, 0.717) is 0 Å². The number of likely N-dealkylation sites (tertiary alicyclic amines) is 1. The van der Waals surface area contributed by atoms with Gasteiger partial charge < -0.3 is 9.64 Å². The minimum Gasteiger partial charge on any atom is -0.482 e. The summed E-state index contributed by atoms with van der Waals surface area (Å²) in [5, 5.41) is 0.147. The first-order chi connectivity index (χ1) is 14.4. The summed E-state index contributed by atoms with van der Waals surface area (Å²) < 4.78 is 33.6.